The van der Waals surface area contributed by atoms with Gasteiger partial charge < -0.3 is 10.2 Å². The van der Waals surface area contributed by atoms with Crippen molar-refractivity contribution in [3.8, 4) is 22.5 Å². The lowest BCUT2D eigenvalue weighted by atomic mass is 10.0. The monoisotopic (exact) mass is 389 g/mol. The molecule has 29 heavy (non-hydrogen) atoms. The first-order valence-corrected chi connectivity index (χ1v) is 10.0. The van der Waals surface area contributed by atoms with Crippen LogP contribution in [0.4, 0.5) is 0 Å². The van der Waals surface area contributed by atoms with E-state index in [-0.39, 0.29) is 11.7 Å². The van der Waals surface area contributed by atoms with Crippen LogP contribution >= 0.6 is 0 Å². The number of hydrogen-bond acceptors (Lipinski definition) is 4. The summed E-state index contributed by atoms with van der Waals surface area (Å²) in [5, 5.41) is 26.5. The fourth-order valence-corrected chi connectivity index (χ4v) is 4.43. The second kappa shape index (κ2) is 7.13. The topological polar surface area (TPSA) is 89.4 Å². The molecule has 0 spiro atoms. The van der Waals surface area contributed by atoms with Crippen LogP contribution < -0.4 is 0 Å². The Morgan fingerprint density at radius 3 is 2.62 bits per heavy atom. The molecule has 148 valence electrons. The average Bonchev–Trinajstić information content (AvgIpc) is 3.28. The molecule has 0 bridgehead atoms. The lowest BCUT2D eigenvalue weighted by Crippen LogP contribution is -2.35. The number of aromatic amines is 1. The number of aliphatic hydroxyl groups is 1. The molecule has 2 aromatic carbocycles. The highest BCUT2D eigenvalue weighted by atomic mass is 16.4. The number of carboxylic acids is 1. The van der Waals surface area contributed by atoms with Crippen LogP contribution in [0.1, 0.15) is 39.9 Å². The summed E-state index contributed by atoms with van der Waals surface area (Å²) in [4.78, 5) is 13.5. The zero-order valence-electron chi connectivity index (χ0n) is 16.1. The van der Waals surface area contributed by atoms with Crippen LogP contribution in [0.2, 0.25) is 0 Å². The molecule has 0 radical (unpaired) electrons. The number of hydrogen-bond donors (Lipinski definition) is 3. The van der Waals surface area contributed by atoms with Gasteiger partial charge in [-0.25, -0.2) is 4.79 Å². The highest BCUT2D eigenvalue weighted by Gasteiger charge is 2.26. The minimum absolute atomic E-state index is 0.146. The molecule has 1 fully saturated rings. The molecule has 1 aliphatic carbocycles. The summed E-state index contributed by atoms with van der Waals surface area (Å²) in [5.74, 6) is -0.924. The summed E-state index contributed by atoms with van der Waals surface area (Å²) in [7, 11) is 0. The van der Waals surface area contributed by atoms with Gasteiger partial charge in [0.15, 0.2) is 0 Å². The summed E-state index contributed by atoms with van der Waals surface area (Å²) in [5.41, 5.74) is 8.11. The number of rotatable bonds is 4. The van der Waals surface area contributed by atoms with Gasteiger partial charge in [-0.05, 0) is 36.1 Å². The van der Waals surface area contributed by atoms with E-state index in [2.05, 4.69) is 33.3 Å². The highest BCUT2D eigenvalue weighted by molar-refractivity contribution is 5.88. The van der Waals surface area contributed by atoms with E-state index in [0.29, 0.717) is 0 Å². The van der Waals surface area contributed by atoms with Gasteiger partial charge in [0, 0.05) is 42.7 Å². The van der Waals surface area contributed by atoms with Crippen LogP contribution in [0.3, 0.4) is 0 Å². The molecule has 1 aliphatic heterocycles. The molecule has 3 N–H and O–H groups in total. The van der Waals surface area contributed by atoms with Crippen molar-refractivity contribution in [1.82, 2.24) is 15.1 Å². The quantitative estimate of drug-likeness (QED) is 0.498. The molecule has 2 heterocycles. The third-order valence-electron chi connectivity index (χ3n) is 6.04. The number of nitrogens with one attached hydrogen (secondary N) is 1. The molecule has 1 saturated heterocycles. The predicted octanol–water partition coefficient (Wildman–Crippen LogP) is 3.30. The number of fused-ring (bicyclic) bond motifs is 3. The number of aliphatic hydroxyl groups excluding tert-OH is 1. The van der Waals surface area contributed by atoms with Crippen molar-refractivity contribution in [2.24, 2.45) is 0 Å². The van der Waals surface area contributed by atoms with Gasteiger partial charge in [0.2, 0.25) is 0 Å². The van der Waals surface area contributed by atoms with Gasteiger partial charge in [-0.15, -0.1) is 0 Å². The third-order valence-corrected chi connectivity index (χ3v) is 6.04. The smallest absolute Gasteiger partial charge is 0.335 e. The molecule has 0 saturated carbocycles. The fourth-order valence-electron chi connectivity index (χ4n) is 4.43. The predicted molar refractivity (Wildman–Crippen MR) is 110 cm³/mol. The Morgan fingerprint density at radius 1 is 1.14 bits per heavy atom. The van der Waals surface area contributed by atoms with E-state index in [0.717, 1.165) is 55.8 Å². The van der Waals surface area contributed by atoms with Crippen molar-refractivity contribution >= 4 is 5.97 Å². The van der Waals surface area contributed by atoms with Crippen molar-refractivity contribution in [2.45, 2.75) is 31.9 Å². The van der Waals surface area contributed by atoms with Gasteiger partial charge >= 0.3 is 5.97 Å². The third kappa shape index (κ3) is 3.34. The van der Waals surface area contributed by atoms with Crippen molar-refractivity contribution in [2.75, 3.05) is 13.1 Å². The van der Waals surface area contributed by atoms with Crippen molar-refractivity contribution in [1.29, 1.82) is 0 Å². The second-order valence-corrected chi connectivity index (χ2v) is 7.98. The minimum atomic E-state index is -0.924. The normalized spacial score (nSPS) is 16.6. The first-order chi connectivity index (χ1) is 14.1. The molecule has 0 atom stereocenters. The first kappa shape index (κ1) is 18.1. The van der Waals surface area contributed by atoms with Crippen molar-refractivity contribution < 1.29 is 15.0 Å². The van der Waals surface area contributed by atoms with Crippen LogP contribution in [0.5, 0.6) is 0 Å². The maximum atomic E-state index is 11.1. The first-order valence-electron chi connectivity index (χ1n) is 10.0. The Bertz CT molecular complexity index is 1060. The highest BCUT2D eigenvalue weighted by Crippen LogP contribution is 2.40. The number of carbonyl (C=O) groups is 1. The Kier molecular flexibility index (Phi) is 4.45. The minimum Gasteiger partial charge on any atom is -0.478 e. The summed E-state index contributed by atoms with van der Waals surface area (Å²) < 4.78 is 0. The van der Waals surface area contributed by atoms with Gasteiger partial charge in [-0.3, -0.25) is 10.00 Å². The van der Waals surface area contributed by atoms with Gasteiger partial charge in [0.1, 0.15) is 0 Å². The van der Waals surface area contributed by atoms with Crippen LogP contribution in [-0.2, 0) is 13.0 Å². The maximum absolute atomic E-state index is 11.1. The largest absolute Gasteiger partial charge is 0.478 e. The molecule has 1 aromatic heterocycles. The van der Waals surface area contributed by atoms with Crippen molar-refractivity contribution in [3.63, 3.8) is 0 Å². The molecule has 2 aliphatic rings. The Balaban J connectivity index is 1.37. The molecule has 6 nitrogen and oxygen atoms in total. The molecule has 0 amide bonds. The van der Waals surface area contributed by atoms with Gasteiger partial charge in [0.05, 0.1) is 23.1 Å². The number of H-pyrrole nitrogens is 1. The van der Waals surface area contributed by atoms with E-state index in [1.165, 1.54) is 22.3 Å². The molecule has 3 aromatic rings. The molecule has 5 rings (SSSR count). The van der Waals surface area contributed by atoms with E-state index in [9.17, 15) is 9.90 Å². The summed E-state index contributed by atoms with van der Waals surface area (Å²) in [6, 6.07) is 13.5. The number of carboxylic acid groups (broad SMARTS) is 1. The number of benzene rings is 2. The standard InChI is InChI=1S/C23H23N3O3/c27-18-7-9-26(10-8-18)13-14-1-6-19-17(11-14)12-20-21(24-25-22(19)20)15-2-4-16(5-3-15)23(28)29/h1-6,11,18,27H,7-10,12-13H2,(H,24,25)(H,28,29). The van der Waals surface area contributed by atoms with E-state index >= 15 is 0 Å². The molecular formula is C23H23N3O3. The van der Waals surface area contributed by atoms with Crippen LogP contribution in [0.25, 0.3) is 22.5 Å². The molecule has 0 unspecified atom stereocenters. The summed E-state index contributed by atoms with van der Waals surface area (Å²) in [6.45, 7) is 2.80. The lowest BCUT2D eigenvalue weighted by molar-refractivity contribution is 0.0696. The van der Waals surface area contributed by atoms with E-state index in [1.54, 1.807) is 12.1 Å². The summed E-state index contributed by atoms with van der Waals surface area (Å²) in [6.07, 6.45) is 2.38. The zero-order chi connectivity index (χ0) is 20.0. The van der Waals surface area contributed by atoms with E-state index in [1.807, 2.05) is 12.1 Å². The maximum Gasteiger partial charge on any atom is 0.335 e. The van der Waals surface area contributed by atoms with E-state index in [4.69, 9.17) is 5.11 Å². The van der Waals surface area contributed by atoms with Crippen LogP contribution in [0.15, 0.2) is 42.5 Å². The number of aromatic nitrogens is 2. The molecule has 6 heteroatoms. The SMILES string of the molecule is O=C(O)c1ccc(-c2n[nH]c3c2Cc2cc(CN4CCC(O)CC4)ccc2-3)cc1. The van der Waals surface area contributed by atoms with Gasteiger partial charge in [-0.1, -0.05) is 30.3 Å². The summed E-state index contributed by atoms with van der Waals surface area (Å²) >= 11 is 0. The average molecular weight is 389 g/mol. The Morgan fingerprint density at radius 2 is 1.90 bits per heavy atom. The second-order valence-electron chi connectivity index (χ2n) is 7.98. The Hall–Kier alpha value is -2.96. The lowest BCUT2D eigenvalue weighted by Gasteiger charge is -2.29. The Labute approximate surface area is 168 Å². The van der Waals surface area contributed by atoms with Crippen LogP contribution in [0, 0.1) is 0 Å². The number of aromatic carboxylic acids is 1. The van der Waals surface area contributed by atoms with E-state index < -0.39 is 5.97 Å². The van der Waals surface area contributed by atoms with Crippen LogP contribution in [-0.4, -0.2) is 50.5 Å². The van der Waals surface area contributed by atoms with Crippen molar-refractivity contribution in [3.05, 3.63) is 64.7 Å². The number of nitrogens with zero attached hydrogens (tertiary/aromatic N) is 2. The van der Waals surface area contributed by atoms with Gasteiger partial charge in [-0.2, -0.15) is 5.10 Å². The molecular weight excluding hydrogens is 366 g/mol. The number of likely N-dealkylation sites (tertiary alicyclic amines) is 1. The fraction of sp³-hybridized carbons (Fsp3) is 0.304. The zero-order valence-corrected chi connectivity index (χ0v) is 16.1. The number of piperidine rings is 1. The van der Waals surface area contributed by atoms with Gasteiger partial charge in [0.25, 0.3) is 0 Å².